The highest BCUT2D eigenvalue weighted by Crippen LogP contribution is 2.38. The molecule has 0 aromatic heterocycles. The SMILES string of the molecule is C=CCC(C)(CC)c1ccc(Br)c2ccccc12. The summed E-state index contributed by atoms with van der Waals surface area (Å²) in [6.45, 7) is 8.48. The zero-order chi connectivity index (χ0) is 13.2. The molecule has 1 heteroatoms. The Morgan fingerprint density at radius 3 is 2.44 bits per heavy atom. The van der Waals surface area contributed by atoms with E-state index in [1.807, 2.05) is 6.08 Å². The molecular formula is C17H19Br. The highest BCUT2D eigenvalue weighted by atomic mass is 79.9. The Labute approximate surface area is 118 Å². The average Bonchev–Trinajstić information content (AvgIpc) is 2.39. The van der Waals surface area contributed by atoms with Crippen LogP contribution in [0.5, 0.6) is 0 Å². The van der Waals surface area contributed by atoms with Crippen molar-refractivity contribution in [3.8, 4) is 0 Å². The van der Waals surface area contributed by atoms with Crippen molar-refractivity contribution >= 4 is 26.7 Å². The second kappa shape index (κ2) is 5.27. The first kappa shape index (κ1) is 13.4. The largest absolute Gasteiger partial charge is 0.103 e. The lowest BCUT2D eigenvalue weighted by Gasteiger charge is -2.29. The van der Waals surface area contributed by atoms with E-state index in [4.69, 9.17) is 0 Å². The third-order valence-electron chi connectivity index (χ3n) is 3.90. The van der Waals surface area contributed by atoms with E-state index in [1.165, 1.54) is 20.8 Å². The minimum Gasteiger partial charge on any atom is -0.103 e. The molecule has 0 fully saturated rings. The van der Waals surface area contributed by atoms with E-state index in [0.29, 0.717) is 0 Å². The van der Waals surface area contributed by atoms with E-state index in [2.05, 4.69) is 72.8 Å². The van der Waals surface area contributed by atoms with Crippen LogP contribution in [0.4, 0.5) is 0 Å². The third kappa shape index (κ3) is 2.24. The first-order valence-electron chi connectivity index (χ1n) is 6.41. The average molecular weight is 303 g/mol. The quantitative estimate of drug-likeness (QED) is 0.622. The predicted molar refractivity (Wildman–Crippen MR) is 84.1 cm³/mol. The summed E-state index contributed by atoms with van der Waals surface area (Å²) in [6, 6.07) is 13.0. The topological polar surface area (TPSA) is 0 Å². The molecule has 0 radical (unpaired) electrons. The number of hydrogen-bond acceptors (Lipinski definition) is 0. The van der Waals surface area contributed by atoms with Crippen LogP contribution in [0.15, 0.2) is 53.5 Å². The lowest BCUT2D eigenvalue weighted by Crippen LogP contribution is -2.20. The van der Waals surface area contributed by atoms with E-state index in [1.54, 1.807) is 0 Å². The number of rotatable bonds is 4. The lowest BCUT2D eigenvalue weighted by molar-refractivity contribution is 0.465. The molecule has 0 saturated carbocycles. The van der Waals surface area contributed by atoms with Crippen LogP contribution < -0.4 is 0 Å². The van der Waals surface area contributed by atoms with Crippen LogP contribution in [0, 0.1) is 0 Å². The van der Waals surface area contributed by atoms with Gasteiger partial charge in [0.2, 0.25) is 0 Å². The van der Waals surface area contributed by atoms with E-state index in [-0.39, 0.29) is 5.41 Å². The van der Waals surface area contributed by atoms with Crippen molar-refractivity contribution in [1.29, 1.82) is 0 Å². The van der Waals surface area contributed by atoms with Gasteiger partial charge in [0.15, 0.2) is 0 Å². The van der Waals surface area contributed by atoms with Gasteiger partial charge in [-0.05, 0) is 40.7 Å². The molecule has 0 nitrogen and oxygen atoms in total. The fourth-order valence-corrected chi connectivity index (χ4v) is 3.03. The molecule has 0 N–H and O–H groups in total. The van der Waals surface area contributed by atoms with Gasteiger partial charge in [-0.2, -0.15) is 0 Å². The van der Waals surface area contributed by atoms with Crippen molar-refractivity contribution in [2.45, 2.75) is 32.1 Å². The van der Waals surface area contributed by atoms with Crippen molar-refractivity contribution in [1.82, 2.24) is 0 Å². The first-order chi connectivity index (χ1) is 8.62. The molecule has 1 atom stereocenters. The fourth-order valence-electron chi connectivity index (χ4n) is 2.55. The highest BCUT2D eigenvalue weighted by Gasteiger charge is 2.25. The summed E-state index contributed by atoms with van der Waals surface area (Å²) in [4.78, 5) is 0. The molecule has 0 bridgehead atoms. The Hall–Kier alpha value is -1.08. The molecule has 2 aromatic carbocycles. The summed E-state index contributed by atoms with van der Waals surface area (Å²) in [5.74, 6) is 0. The van der Waals surface area contributed by atoms with Gasteiger partial charge in [-0.1, -0.05) is 66.2 Å². The Morgan fingerprint density at radius 1 is 1.17 bits per heavy atom. The minimum absolute atomic E-state index is 0.169. The van der Waals surface area contributed by atoms with E-state index >= 15 is 0 Å². The van der Waals surface area contributed by atoms with Gasteiger partial charge in [0.05, 0.1) is 0 Å². The Kier molecular flexibility index (Phi) is 3.91. The number of halogens is 1. The Morgan fingerprint density at radius 2 is 1.83 bits per heavy atom. The molecule has 0 heterocycles. The smallest absolute Gasteiger partial charge is 0.0253 e. The molecule has 94 valence electrons. The monoisotopic (exact) mass is 302 g/mol. The molecule has 18 heavy (non-hydrogen) atoms. The van der Waals surface area contributed by atoms with Gasteiger partial charge in [0, 0.05) is 4.47 Å². The van der Waals surface area contributed by atoms with Crippen molar-refractivity contribution < 1.29 is 0 Å². The highest BCUT2D eigenvalue weighted by molar-refractivity contribution is 9.10. The minimum atomic E-state index is 0.169. The van der Waals surface area contributed by atoms with Gasteiger partial charge in [0.1, 0.15) is 0 Å². The summed E-state index contributed by atoms with van der Waals surface area (Å²) in [5.41, 5.74) is 1.59. The second-order valence-corrected chi connectivity index (χ2v) is 5.90. The van der Waals surface area contributed by atoms with Gasteiger partial charge in [-0.3, -0.25) is 0 Å². The van der Waals surface area contributed by atoms with Gasteiger partial charge in [-0.15, -0.1) is 6.58 Å². The van der Waals surface area contributed by atoms with Crippen molar-refractivity contribution in [3.05, 3.63) is 59.1 Å². The van der Waals surface area contributed by atoms with E-state index in [0.717, 1.165) is 12.8 Å². The zero-order valence-electron chi connectivity index (χ0n) is 11.0. The summed E-state index contributed by atoms with van der Waals surface area (Å²) < 4.78 is 1.17. The molecule has 0 amide bonds. The van der Waals surface area contributed by atoms with E-state index in [9.17, 15) is 0 Å². The zero-order valence-corrected chi connectivity index (χ0v) is 12.6. The van der Waals surface area contributed by atoms with Crippen molar-refractivity contribution in [2.24, 2.45) is 0 Å². The van der Waals surface area contributed by atoms with Crippen LogP contribution in [0.3, 0.4) is 0 Å². The Balaban J connectivity index is 2.71. The maximum atomic E-state index is 3.91. The normalized spacial score (nSPS) is 14.4. The van der Waals surface area contributed by atoms with Crippen LogP contribution in [-0.4, -0.2) is 0 Å². The van der Waals surface area contributed by atoms with E-state index < -0.39 is 0 Å². The van der Waals surface area contributed by atoms with Crippen molar-refractivity contribution in [2.75, 3.05) is 0 Å². The fraction of sp³-hybridized carbons (Fsp3) is 0.294. The molecule has 1 unspecified atom stereocenters. The predicted octanol–water partition coefficient (Wildman–Crippen LogP) is 5.85. The van der Waals surface area contributed by atoms with Crippen LogP contribution in [-0.2, 0) is 5.41 Å². The van der Waals surface area contributed by atoms with Crippen LogP contribution in [0.2, 0.25) is 0 Å². The molecule has 0 saturated heterocycles. The molecule has 0 aliphatic heterocycles. The van der Waals surface area contributed by atoms with Crippen LogP contribution in [0.25, 0.3) is 10.8 Å². The number of fused-ring (bicyclic) bond motifs is 1. The summed E-state index contributed by atoms with van der Waals surface area (Å²) in [6.07, 6.45) is 4.15. The first-order valence-corrected chi connectivity index (χ1v) is 7.20. The molecule has 0 aliphatic rings. The summed E-state index contributed by atoms with van der Waals surface area (Å²) in [7, 11) is 0. The van der Waals surface area contributed by atoms with Crippen LogP contribution in [0.1, 0.15) is 32.3 Å². The van der Waals surface area contributed by atoms with Crippen LogP contribution >= 0.6 is 15.9 Å². The van der Waals surface area contributed by atoms with Gasteiger partial charge < -0.3 is 0 Å². The third-order valence-corrected chi connectivity index (χ3v) is 4.59. The molecule has 0 spiro atoms. The van der Waals surface area contributed by atoms with Gasteiger partial charge >= 0.3 is 0 Å². The number of allylic oxidation sites excluding steroid dienone is 1. The summed E-state index contributed by atoms with van der Waals surface area (Å²) >= 11 is 3.64. The number of hydrogen-bond donors (Lipinski definition) is 0. The number of benzene rings is 2. The Bertz CT molecular complexity index is 571. The van der Waals surface area contributed by atoms with Gasteiger partial charge in [0.25, 0.3) is 0 Å². The second-order valence-electron chi connectivity index (χ2n) is 5.05. The summed E-state index contributed by atoms with van der Waals surface area (Å²) in [5, 5.41) is 2.64. The maximum absolute atomic E-state index is 3.91. The lowest BCUT2D eigenvalue weighted by atomic mass is 9.75. The van der Waals surface area contributed by atoms with Gasteiger partial charge in [-0.25, -0.2) is 0 Å². The molecule has 0 aliphatic carbocycles. The molecule has 2 aromatic rings. The van der Waals surface area contributed by atoms with Crippen molar-refractivity contribution in [3.63, 3.8) is 0 Å². The maximum Gasteiger partial charge on any atom is 0.0253 e. The molecular weight excluding hydrogens is 284 g/mol. The standard InChI is InChI=1S/C17H19Br/c1-4-12-17(3,5-2)15-10-11-16(18)14-9-7-6-8-13(14)15/h4,6-11H,1,5,12H2,2-3H3. The molecule has 2 rings (SSSR count).